The average molecular weight is 291 g/mol. The smallest absolute Gasteiger partial charge is 0.222 e. The average Bonchev–Trinajstić information content (AvgIpc) is 2.48. The van der Waals surface area contributed by atoms with Crippen molar-refractivity contribution >= 4 is 17.3 Å². The SMILES string of the molecule is CN(C)C(=O)CCCN1CCN(c2ccncc2N)CC1. The van der Waals surface area contributed by atoms with Crippen LogP contribution in [0.1, 0.15) is 12.8 Å². The number of rotatable bonds is 5. The van der Waals surface area contributed by atoms with Gasteiger partial charge in [0.05, 0.1) is 17.6 Å². The summed E-state index contributed by atoms with van der Waals surface area (Å²) in [6.07, 6.45) is 5.04. The highest BCUT2D eigenvalue weighted by molar-refractivity contribution is 5.75. The number of anilines is 2. The van der Waals surface area contributed by atoms with Gasteiger partial charge in [-0.25, -0.2) is 0 Å². The number of carbonyl (C=O) groups is 1. The molecule has 1 fully saturated rings. The predicted molar refractivity (Wildman–Crippen MR) is 85.2 cm³/mol. The van der Waals surface area contributed by atoms with E-state index in [1.807, 2.05) is 6.07 Å². The molecule has 2 N–H and O–H groups in total. The maximum atomic E-state index is 11.5. The monoisotopic (exact) mass is 291 g/mol. The molecular weight excluding hydrogens is 266 g/mol. The number of pyridine rings is 1. The van der Waals surface area contributed by atoms with E-state index < -0.39 is 0 Å². The topological polar surface area (TPSA) is 65.7 Å². The van der Waals surface area contributed by atoms with Gasteiger partial charge in [0.25, 0.3) is 0 Å². The normalized spacial score (nSPS) is 16.0. The predicted octanol–water partition coefficient (Wildman–Crippen LogP) is 0.654. The Kier molecular flexibility index (Phi) is 5.38. The number of hydrogen-bond donors (Lipinski definition) is 1. The van der Waals surface area contributed by atoms with Crippen LogP contribution in [0.3, 0.4) is 0 Å². The van der Waals surface area contributed by atoms with E-state index in [0.717, 1.165) is 50.5 Å². The third-order valence-electron chi connectivity index (χ3n) is 3.90. The van der Waals surface area contributed by atoms with Gasteiger partial charge in [0, 0.05) is 52.9 Å². The van der Waals surface area contributed by atoms with Crippen LogP contribution in [0.25, 0.3) is 0 Å². The van der Waals surface area contributed by atoms with Crippen LogP contribution < -0.4 is 10.6 Å². The fourth-order valence-corrected chi connectivity index (χ4v) is 2.58. The molecular formula is C15H25N5O. The van der Waals surface area contributed by atoms with Crippen LogP contribution in [0.15, 0.2) is 18.5 Å². The lowest BCUT2D eigenvalue weighted by Crippen LogP contribution is -2.47. The van der Waals surface area contributed by atoms with Crippen molar-refractivity contribution in [3.63, 3.8) is 0 Å². The lowest BCUT2D eigenvalue weighted by Gasteiger charge is -2.36. The van der Waals surface area contributed by atoms with Gasteiger partial charge in [-0.05, 0) is 19.0 Å². The summed E-state index contributed by atoms with van der Waals surface area (Å²) in [5.74, 6) is 0.207. The number of piperazine rings is 1. The fourth-order valence-electron chi connectivity index (χ4n) is 2.58. The van der Waals surface area contributed by atoms with Gasteiger partial charge in [-0.1, -0.05) is 0 Å². The number of hydrogen-bond acceptors (Lipinski definition) is 5. The highest BCUT2D eigenvalue weighted by Gasteiger charge is 2.18. The minimum Gasteiger partial charge on any atom is -0.396 e. The lowest BCUT2D eigenvalue weighted by molar-refractivity contribution is -0.128. The molecule has 6 nitrogen and oxygen atoms in total. The molecule has 1 aliphatic rings. The highest BCUT2D eigenvalue weighted by Crippen LogP contribution is 2.22. The van der Waals surface area contributed by atoms with E-state index in [4.69, 9.17) is 5.73 Å². The summed E-state index contributed by atoms with van der Waals surface area (Å²) in [5.41, 5.74) is 7.78. The summed E-state index contributed by atoms with van der Waals surface area (Å²) >= 11 is 0. The molecule has 0 radical (unpaired) electrons. The molecule has 116 valence electrons. The van der Waals surface area contributed by atoms with Crippen molar-refractivity contribution in [2.24, 2.45) is 0 Å². The van der Waals surface area contributed by atoms with Crippen molar-refractivity contribution in [1.29, 1.82) is 0 Å². The third kappa shape index (κ3) is 4.32. The molecule has 0 unspecified atom stereocenters. The van der Waals surface area contributed by atoms with E-state index in [1.54, 1.807) is 31.4 Å². The molecule has 0 aromatic carbocycles. The molecule has 6 heteroatoms. The summed E-state index contributed by atoms with van der Waals surface area (Å²) < 4.78 is 0. The van der Waals surface area contributed by atoms with Crippen molar-refractivity contribution in [1.82, 2.24) is 14.8 Å². The zero-order chi connectivity index (χ0) is 15.2. The second-order valence-corrected chi connectivity index (χ2v) is 5.65. The Morgan fingerprint density at radius 1 is 1.33 bits per heavy atom. The van der Waals surface area contributed by atoms with Crippen molar-refractivity contribution in [3.8, 4) is 0 Å². The molecule has 2 heterocycles. The molecule has 0 atom stereocenters. The third-order valence-corrected chi connectivity index (χ3v) is 3.90. The summed E-state index contributed by atoms with van der Waals surface area (Å²) in [6.45, 7) is 4.95. The Balaban J connectivity index is 1.74. The number of aromatic nitrogens is 1. The molecule has 1 aromatic rings. The number of nitrogens with two attached hydrogens (primary N) is 1. The van der Waals surface area contributed by atoms with Crippen LogP contribution in [0.4, 0.5) is 11.4 Å². The largest absolute Gasteiger partial charge is 0.396 e. The molecule has 0 bridgehead atoms. The highest BCUT2D eigenvalue weighted by atomic mass is 16.2. The Bertz CT molecular complexity index is 469. The van der Waals surface area contributed by atoms with E-state index in [0.29, 0.717) is 6.42 Å². The maximum Gasteiger partial charge on any atom is 0.222 e. The van der Waals surface area contributed by atoms with Crippen molar-refractivity contribution < 1.29 is 4.79 Å². The summed E-state index contributed by atoms with van der Waals surface area (Å²) in [7, 11) is 3.61. The zero-order valence-electron chi connectivity index (χ0n) is 13.0. The molecule has 0 aliphatic carbocycles. The molecule has 1 aromatic heterocycles. The van der Waals surface area contributed by atoms with Gasteiger partial charge in [-0.2, -0.15) is 0 Å². The number of nitrogens with zero attached hydrogens (tertiary/aromatic N) is 4. The van der Waals surface area contributed by atoms with Gasteiger partial charge in [-0.15, -0.1) is 0 Å². The van der Waals surface area contributed by atoms with Crippen molar-refractivity contribution in [3.05, 3.63) is 18.5 Å². The van der Waals surface area contributed by atoms with Crippen LogP contribution in [0, 0.1) is 0 Å². The number of nitrogen functional groups attached to an aromatic ring is 1. The summed E-state index contributed by atoms with van der Waals surface area (Å²) in [6, 6.07) is 1.97. The molecule has 0 saturated carbocycles. The van der Waals surface area contributed by atoms with Gasteiger partial charge in [0.2, 0.25) is 5.91 Å². The molecule has 21 heavy (non-hydrogen) atoms. The molecule has 1 amide bonds. The van der Waals surface area contributed by atoms with Gasteiger partial charge in [0.1, 0.15) is 0 Å². The van der Waals surface area contributed by atoms with Gasteiger partial charge >= 0.3 is 0 Å². The fraction of sp³-hybridized carbons (Fsp3) is 0.600. The zero-order valence-corrected chi connectivity index (χ0v) is 13.0. The lowest BCUT2D eigenvalue weighted by atomic mass is 10.2. The minimum atomic E-state index is 0.207. The Morgan fingerprint density at radius 3 is 2.67 bits per heavy atom. The molecule has 1 saturated heterocycles. The van der Waals surface area contributed by atoms with Crippen LogP contribution in [0.5, 0.6) is 0 Å². The van der Waals surface area contributed by atoms with Crippen LogP contribution >= 0.6 is 0 Å². The molecule has 2 rings (SSSR count). The quantitative estimate of drug-likeness (QED) is 0.863. The van der Waals surface area contributed by atoms with Crippen molar-refractivity contribution in [2.75, 3.05) is 57.5 Å². The van der Waals surface area contributed by atoms with E-state index >= 15 is 0 Å². The summed E-state index contributed by atoms with van der Waals surface area (Å²) in [4.78, 5) is 21.9. The Morgan fingerprint density at radius 2 is 2.05 bits per heavy atom. The molecule has 1 aliphatic heterocycles. The number of carbonyl (C=O) groups excluding carboxylic acids is 1. The first-order chi connectivity index (χ1) is 10.1. The van der Waals surface area contributed by atoms with E-state index in [-0.39, 0.29) is 5.91 Å². The Labute approximate surface area is 126 Å². The van der Waals surface area contributed by atoms with Gasteiger partial charge in [-0.3, -0.25) is 14.7 Å². The Hall–Kier alpha value is -1.82. The second kappa shape index (κ2) is 7.26. The van der Waals surface area contributed by atoms with E-state index in [2.05, 4.69) is 14.8 Å². The van der Waals surface area contributed by atoms with E-state index in [1.165, 1.54) is 0 Å². The number of amides is 1. The minimum absolute atomic E-state index is 0.207. The van der Waals surface area contributed by atoms with Gasteiger partial charge < -0.3 is 15.5 Å². The maximum absolute atomic E-state index is 11.5. The first-order valence-corrected chi connectivity index (χ1v) is 7.45. The molecule has 0 spiro atoms. The standard InChI is InChI=1S/C15H25N5O/c1-18(2)15(21)4-3-7-19-8-10-20(11-9-19)14-5-6-17-12-13(14)16/h5-6,12H,3-4,7-11,16H2,1-2H3. The summed E-state index contributed by atoms with van der Waals surface area (Å²) in [5, 5.41) is 0. The van der Waals surface area contributed by atoms with Crippen molar-refractivity contribution in [2.45, 2.75) is 12.8 Å². The first kappa shape index (κ1) is 15.6. The van der Waals surface area contributed by atoms with Crippen LogP contribution in [0.2, 0.25) is 0 Å². The van der Waals surface area contributed by atoms with E-state index in [9.17, 15) is 4.79 Å². The first-order valence-electron chi connectivity index (χ1n) is 7.45. The van der Waals surface area contributed by atoms with Gasteiger partial charge in [0.15, 0.2) is 0 Å². The second-order valence-electron chi connectivity index (χ2n) is 5.65. The van der Waals surface area contributed by atoms with Crippen LogP contribution in [-0.4, -0.2) is 67.5 Å². The van der Waals surface area contributed by atoms with Crippen LogP contribution in [-0.2, 0) is 4.79 Å².